The Morgan fingerprint density at radius 1 is 0.950 bits per heavy atom. The molecule has 0 atom stereocenters. The van der Waals surface area contributed by atoms with Gasteiger partial charge in [-0.25, -0.2) is 0 Å². The van der Waals surface area contributed by atoms with Crippen molar-refractivity contribution in [3.63, 3.8) is 0 Å². The van der Waals surface area contributed by atoms with Crippen molar-refractivity contribution in [3.05, 3.63) is 42.7 Å². The van der Waals surface area contributed by atoms with Gasteiger partial charge < -0.3 is 9.47 Å². The van der Waals surface area contributed by atoms with Crippen LogP contribution in [0.2, 0.25) is 0 Å². The molecule has 0 N–H and O–H groups in total. The third-order valence-electron chi connectivity index (χ3n) is 3.77. The highest BCUT2D eigenvalue weighted by Crippen LogP contribution is 2.35. The van der Waals surface area contributed by atoms with Crippen LogP contribution in [0.1, 0.15) is 25.7 Å². The van der Waals surface area contributed by atoms with Crippen LogP contribution < -0.4 is 9.47 Å². The topological polar surface area (TPSA) is 31.4 Å². The average molecular weight is 269 g/mol. The Morgan fingerprint density at radius 3 is 2.40 bits per heavy atom. The molecule has 0 radical (unpaired) electrons. The summed E-state index contributed by atoms with van der Waals surface area (Å²) in [4.78, 5) is 4.05. The number of ether oxygens (including phenoxy) is 2. The van der Waals surface area contributed by atoms with Gasteiger partial charge in [-0.15, -0.1) is 0 Å². The molecule has 0 saturated heterocycles. The molecule has 3 rings (SSSR count). The minimum absolute atomic E-state index is 0.330. The van der Waals surface area contributed by atoms with Gasteiger partial charge in [0.2, 0.25) is 0 Å². The highest BCUT2D eigenvalue weighted by molar-refractivity contribution is 5.66. The van der Waals surface area contributed by atoms with E-state index in [1.54, 1.807) is 19.5 Å². The van der Waals surface area contributed by atoms with Crippen LogP contribution in [0, 0.1) is 0 Å². The zero-order valence-electron chi connectivity index (χ0n) is 11.7. The monoisotopic (exact) mass is 269 g/mol. The van der Waals surface area contributed by atoms with Crippen molar-refractivity contribution in [1.82, 2.24) is 4.98 Å². The first-order valence-corrected chi connectivity index (χ1v) is 7.12. The summed E-state index contributed by atoms with van der Waals surface area (Å²) in [6.07, 6.45) is 8.74. The summed E-state index contributed by atoms with van der Waals surface area (Å²) in [6.45, 7) is 0. The van der Waals surface area contributed by atoms with Crippen molar-refractivity contribution in [3.8, 4) is 22.6 Å². The van der Waals surface area contributed by atoms with Crippen LogP contribution in [0.5, 0.6) is 11.5 Å². The highest BCUT2D eigenvalue weighted by atomic mass is 16.5. The van der Waals surface area contributed by atoms with Crippen molar-refractivity contribution in [2.75, 3.05) is 7.11 Å². The van der Waals surface area contributed by atoms with Gasteiger partial charge in [-0.05, 0) is 61.1 Å². The Hall–Kier alpha value is -2.03. The third kappa shape index (κ3) is 2.77. The fourth-order valence-corrected chi connectivity index (χ4v) is 2.68. The fourth-order valence-electron chi connectivity index (χ4n) is 2.68. The van der Waals surface area contributed by atoms with Crippen LogP contribution in [0.4, 0.5) is 0 Å². The molecule has 0 aliphatic heterocycles. The molecule has 1 saturated carbocycles. The van der Waals surface area contributed by atoms with Gasteiger partial charge in [0.1, 0.15) is 0 Å². The van der Waals surface area contributed by atoms with E-state index in [9.17, 15) is 0 Å². The molecule has 1 aliphatic rings. The van der Waals surface area contributed by atoms with Crippen LogP contribution in [0.15, 0.2) is 42.7 Å². The van der Waals surface area contributed by atoms with E-state index in [4.69, 9.17) is 9.47 Å². The molecule has 0 spiro atoms. The Morgan fingerprint density at radius 2 is 1.70 bits per heavy atom. The van der Waals surface area contributed by atoms with E-state index in [0.29, 0.717) is 6.10 Å². The summed E-state index contributed by atoms with van der Waals surface area (Å²) in [5, 5.41) is 0. The number of rotatable bonds is 4. The van der Waals surface area contributed by atoms with Crippen molar-refractivity contribution < 1.29 is 9.47 Å². The molecule has 1 heterocycles. The summed E-state index contributed by atoms with van der Waals surface area (Å²) in [6, 6.07) is 10.1. The van der Waals surface area contributed by atoms with Crippen LogP contribution in [-0.4, -0.2) is 18.2 Å². The molecule has 1 fully saturated rings. The van der Waals surface area contributed by atoms with Gasteiger partial charge in [0.25, 0.3) is 0 Å². The van der Waals surface area contributed by atoms with Gasteiger partial charge in [0, 0.05) is 12.4 Å². The van der Waals surface area contributed by atoms with Crippen LogP contribution in [0.25, 0.3) is 11.1 Å². The van der Waals surface area contributed by atoms with Gasteiger partial charge in [-0.1, -0.05) is 6.07 Å². The second kappa shape index (κ2) is 5.95. The van der Waals surface area contributed by atoms with E-state index in [2.05, 4.69) is 17.1 Å². The van der Waals surface area contributed by atoms with Crippen molar-refractivity contribution >= 4 is 0 Å². The van der Waals surface area contributed by atoms with Gasteiger partial charge >= 0.3 is 0 Å². The van der Waals surface area contributed by atoms with Crippen LogP contribution in [0.3, 0.4) is 0 Å². The lowest BCUT2D eigenvalue weighted by molar-refractivity contribution is 0.201. The number of nitrogens with zero attached hydrogens (tertiary/aromatic N) is 1. The SMILES string of the molecule is COc1ccc(-c2ccncc2)cc1OC1CCCC1. The zero-order valence-corrected chi connectivity index (χ0v) is 11.7. The maximum absolute atomic E-state index is 6.12. The molecule has 1 aromatic heterocycles. The standard InChI is InChI=1S/C17H19NO2/c1-19-16-7-6-14(13-8-10-18-11-9-13)12-17(16)20-15-4-2-3-5-15/h6-12,15H,2-5H2,1H3. The number of benzene rings is 1. The van der Waals surface area contributed by atoms with Gasteiger partial charge in [0.05, 0.1) is 13.2 Å². The van der Waals surface area contributed by atoms with E-state index >= 15 is 0 Å². The van der Waals surface area contributed by atoms with E-state index in [-0.39, 0.29) is 0 Å². The first kappa shape index (κ1) is 13.0. The van der Waals surface area contributed by atoms with Crippen LogP contribution >= 0.6 is 0 Å². The van der Waals surface area contributed by atoms with E-state index in [1.165, 1.54) is 12.8 Å². The van der Waals surface area contributed by atoms with Crippen LogP contribution in [-0.2, 0) is 0 Å². The minimum atomic E-state index is 0.330. The first-order chi connectivity index (χ1) is 9.86. The zero-order chi connectivity index (χ0) is 13.8. The normalized spacial score (nSPS) is 15.2. The predicted molar refractivity (Wildman–Crippen MR) is 79.1 cm³/mol. The van der Waals surface area contributed by atoms with Gasteiger partial charge in [-0.2, -0.15) is 0 Å². The molecule has 104 valence electrons. The number of hydrogen-bond acceptors (Lipinski definition) is 3. The smallest absolute Gasteiger partial charge is 0.162 e. The largest absolute Gasteiger partial charge is 0.493 e. The molecular formula is C17H19NO2. The molecule has 1 aromatic carbocycles. The summed E-state index contributed by atoms with van der Waals surface area (Å²) in [5.74, 6) is 1.64. The van der Waals surface area contributed by atoms with E-state index in [0.717, 1.165) is 35.5 Å². The minimum Gasteiger partial charge on any atom is -0.493 e. The molecule has 0 bridgehead atoms. The van der Waals surface area contributed by atoms with Crippen molar-refractivity contribution in [2.24, 2.45) is 0 Å². The molecule has 1 aliphatic carbocycles. The molecule has 3 heteroatoms. The Bertz CT molecular complexity index is 562. The first-order valence-electron chi connectivity index (χ1n) is 7.12. The Balaban J connectivity index is 1.90. The summed E-state index contributed by atoms with van der Waals surface area (Å²) in [7, 11) is 1.68. The fraction of sp³-hybridized carbons (Fsp3) is 0.353. The molecule has 0 unspecified atom stereocenters. The molecule has 3 nitrogen and oxygen atoms in total. The predicted octanol–water partition coefficient (Wildman–Crippen LogP) is 4.08. The lowest BCUT2D eigenvalue weighted by atomic mass is 10.1. The lowest BCUT2D eigenvalue weighted by Gasteiger charge is -2.17. The number of hydrogen-bond donors (Lipinski definition) is 0. The van der Waals surface area contributed by atoms with E-state index < -0.39 is 0 Å². The van der Waals surface area contributed by atoms with Crippen molar-refractivity contribution in [1.29, 1.82) is 0 Å². The Kier molecular flexibility index (Phi) is 3.86. The average Bonchev–Trinajstić information content (AvgIpc) is 3.01. The summed E-state index contributed by atoms with van der Waals surface area (Å²) >= 11 is 0. The Labute approximate surface area is 119 Å². The summed E-state index contributed by atoms with van der Waals surface area (Å²) in [5.41, 5.74) is 2.26. The maximum atomic E-state index is 6.12. The molecular weight excluding hydrogens is 250 g/mol. The summed E-state index contributed by atoms with van der Waals surface area (Å²) < 4.78 is 11.5. The molecule has 0 amide bonds. The number of methoxy groups -OCH3 is 1. The lowest BCUT2D eigenvalue weighted by Crippen LogP contribution is -2.11. The van der Waals surface area contributed by atoms with Gasteiger partial charge in [0.15, 0.2) is 11.5 Å². The molecule has 20 heavy (non-hydrogen) atoms. The van der Waals surface area contributed by atoms with Crippen molar-refractivity contribution in [2.45, 2.75) is 31.8 Å². The van der Waals surface area contributed by atoms with Gasteiger partial charge in [-0.3, -0.25) is 4.98 Å². The number of aromatic nitrogens is 1. The third-order valence-corrected chi connectivity index (χ3v) is 3.77. The number of pyridine rings is 1. The quantitative estimate of drug-likeness (QED) is 0.838. The van der Waals surface area contributed by atoms with E-state index in [1.807, 2.05) is 18.2 Å². The highest BCUT2D eigenvalue weighted by Gasteiger charge is 2.18. The second-order valence-corrected chi connectivity index (χ2v) is 5.13. The second-order valence-electron chi connectivity index (χ2n) is 5.13. The molecule has 2 aromatic rings. The maximum Gasteiger partial charge on any atom is 0.162 e.